The number of ether oxygens (including phenoxy) is 1. The van der Waals surface area contributed by atoms with Crippen molar-refractivity contribution in [3.05, 3.63) is 60.3 Å². The third-order valence-corrected chi connectivity index (χ3v) is 5.62. The second-order valence-corrected chi connectivity index (χ2v) is 7.43. The lowest BCUT2D eigenvalue weighted by Gasteiger charge is -2.43. The molecule has 3 aromatic rings. The van der Waals surface area contributed by atoms with E-state index >= 15 is 0 Å². The highest BCUT2D eigenvalue weighted by Crippen LogP contribution is 2.37. The summed E-state index contributed by atoms with van der Waals surface area (Å²) in [5.74, 6) is 0.253. The van der Waals surface area contributed by atoms with Crippen molar-refractivity contribution in [1.29, 1.82) is 0 Å². The van der Waals surface area contributed by atoms with Gasteiger partial charge in [0.05, 0.1) is 30.4 Å². The van der Waals surface area contributed by atoms with Gasteiger partial charge < -0.3 is 19.8 Å². The second kappa shape index (κ2) is 7.67. The molecule has 7 nitrogen and oxygen atoms in total. The van der Waals surface area contributed by atoms with Crippen LogP contribution in [0.4, 0.5) is 5.82 Å². The maximum Gasteiger partial charge on any atom is 0.314 e. The number of anilines is 1. The van der Waals surface area contributed by atoms with Crippen LogP contribution < -0.4 is 9.64 Å². The monoisotopic (exact) mass is 393 g/mol. The van der Waals surface area contributed by atoms with Crippen LogP contribution in [0.3, 0.4) is 0 Å². The van der Waals surface area contributed by atoms with Crippen molar-refractivity contribution >= 4 is 22.8 Å². The van der Waals surface area contributed by atoms with E-state index in [0.29, 0.717) is 24.5 Å². The maximum absolute atomic E-state index is 12.4. The van der Waals surface area contributed by atoms with Gasteiger partial charge in [0.1, 0.15) is 17.0 Å². The van der Waals surface area contributed by atoms with E-state index in [-0.39, 0.29) is 13.0 Å². The Morgan fingerprint density at radius 2 is 2.03 bits per heavy atom. The van der Waals surface area contributed by atoms with Gasteiger partial charge in [0.25, 0.3) is 0 Å². The molecule has 1 aromatic heterocycles. The molecule has 0 aliphatic carbocycles. The van der Waals surface area contributed by atoms with Crippen LogP contribution in [0.2, 0.25) is 0 Å². The van der Waals surface area contributed by atoms with Gasteiger partial charge in [-0.2, -0.15) is 0 Å². The van der Waals surface area contributed by atoms with Crippen LogP contribution in [0.1, 0.15) is 12.0 Å². The fraction of sp³-hybridized carbons (Fsp3) is 0.318. The molecule has 0 amide bonds. The van der Waals surface area contributed by atoms with Crippen LogP contribution >= 0.6 is 0 Å². The quantitative estimate of drug-likeness (QED) is 0.688. The first-order valence-corrected chi connectivity index (χ1v) is 9.53. The lowest BCUT2D eigenvalue weighted by Crippen LogP contribution is -2.57. The maximum atomic E-state index is 12.4. The number of rotatable bonds is 5. The lowest BCUT2D eigenvalue weighted by atomic mass is 9.73. The molecule has 0 radical (unpaired) electrons. The summed E-state index contributed by atoms with van der Waals surface area (Å²) in [6.07, 6.45) is 1.23. The number of aliphatic hydroxyl groups excluding tert-OH is 1. The van der Waals surface area contributed by atoms with Crippen molar-refractivity contribution in [2.75, 3.05) is 25.1 Å². The lowest BCUT2D eigenvalue weighted by molar-refractivity contribution is -0.157. The Kier molecular flexibility index (Phi) is 5.07. The number of aromatic nitrogens is 2. The number of carboxylic acids is 1. The Labute approximate surface area is 168 Å². The third-order valence-electron chi connectivity index (χ3n) is 5.62. The number of hydrogen-bond acceptors (Lipinski definition) is 6. The standard InChI is InChI=1S/C22H23N3O4/c1-29-16-6-4-5-15(11-16)12-22(21(27)28)14-25(10-9-19(22)26)20-13-23-17-7-2-3-8-18(17)24-20/h2-8,11,13,19,26H,9-10,12,14H2,1H3,(H,27,28)/t19-,22-/m1/s1. The summed E-state index contributed by atoms with van der Waals surface area (Å²) in [6, 6.07) is 14.9. The van der Waals surface area contributed by atoms with E-state index in [1.807, 2.05) is 53.4 Å². The first-order valence-electron chi connectivity index (χ1n) is 9.53. The zero-order chi connectivity index (χ0) is 20.4. The minimum Gasteiger partial charge on any atom is -0.497 e. The Morgan fingerprint density at radius 1 is 1.24 bits per heavy atom. The van der Waals surface area contributed by atoms with E-state index in [1.165, 1.54) is 0 Å². The molecule has 1 saturated heterocycles. The number of benzene rings is 2. The van der Waals surface area contributed by atoms with Gasteiger partial charge >= 0.3 is 5.97 Å². The number of aliphatic hydroxyl groups is 1. The molecule has 2 aromatic carbocycles. The van der Waals surface area contributed by atoms with Crippen LogP contribution in [0.25, 0.3) is 11.0 Å². The van der Waals surface area contributed by atoms with Crippen molar-refractivity contribution in [3.8, 4) is 5.75 Å². The zero-order valence-electron chi connectivity index (χ0n) is 16.2. The molecule has 29 heavy (non-hydrogen) atoms. The second-order valence-electron chi connectivity index (χ2n) is 7.43. The molecule has 0 bridgehead atoms. The molecule has 1 aliphatic rings. The fourth-order valence-corrected chi connectivity index (χ4v) is 3.98. The summed E-state index contributed by atoms with van der Waals surface area (Å²) in [4.78, 5) is 23.4. The van der Waals surface area contributed by atoms with Crippen molar-refractivity contribution in [3.63, 3.8) is 0 Å². The first-order chi connectivity index (χ1) is 14.0. The van der Waals surface area contributed by atoms with Crippen molar-refractivity contribution in [2.24, 2.45) is 5.41 Å². The number of aliphatic carboxylic acids is 1. The van der Waals surface area contributed by atoms with E-state index < -0.39 is 17.5 Å². The van der Waals surface area contributed by atoms with Crippen molar-refractivity contribution in [1.82, 2.24) is 9.97 Å². The Bertz CT molecular complexity index is 1040. The predicted molar refractivity (Wildman–Crippen MR) is 109 cm³/mol. The average molecular weight is 393 g/mol. The molecular formula is C22H23N3O4. The van der Waals surface area contributed by atoms with E-state index in [4.69, 9.17) is 4.74 Å². The van der Waals surface area contributed by atoms with Crippen LogP contribution in [0, 0.1) is 5.41 Å². The highest BCUT2D eigenvalue weighted by atomic mass is 16.5. The Hall–Kier alpha value is -3.19. The van der Waals surface area contributed by atoms with E-state index in [1.54, 1.807) is 13.3 Å². The number of hydrogen-bond donors (Lipinski definition) is 2. The van der Waals surface area contributed by atoms with E-state index in [0.717, 1.165) is 16.6 Å². The van der Waals surface area contributed by atoms with Crippen LogP contribution in [-0.2, 0) is 11.2 Å². The molecule has 0 spiro atoms. The van der Waals surface area contributed by atoms with Gasteiger partial charge in [0.15, 0.2) is 0 Å². The molecule has 1 aliphatic heterocycles. The normalized spacial score (nSPS) is 21.9. The SMILES string of the molecule is COc1cccc(C[C@@]2(C(=O)O)CN(c3cnc4ccccc4n3)CC[C@H]2O)c1. The van der Waals surface area contributed by atoms with Gasteiger partial charge in [0, 0.05) is 13.1 Å². The van der Waals surface area contributed by atoms with Crippen LogP contribution in [0.15, 0.2) is 54.7 Å². The molecule has 4 rings (SSSR count). The molecule has 1 fully saturated rings. The number of methoxy groups -OCH3 is 1. The molecule has 0 saturated carbocycles. The number of nitrogens with zero attached hydrogens (tertiary/aromatic N) is 3. The minimum atomic E-state index is -1.35. The van der Waals surface area contributed by atoms with Gasteiger partial charge in [-0.1, -0.05) is 24.3 Å². The van der Waals surface area contributed by atoms with E-state index in [9.17, 15) is 15.0 Å². The number of fused-ring (bicyclic) bond motifs is 1. The average Bonchev–Trinajstić information content (AvgIpc) is 2.75. The molecular weight excluding hydrogens is 370 g/mol. The van der Waals surface area contributed by atoms with Crippen molar-refractivity contribution < 1.29 is 19.7 Å². The topological polar surface area (TPSA) is 95.8 Å². The molecule has 0 unspecified atom stereocenters. The number of carbonyl (C=O) groups is 1. The summed E-state index contributed by atoms with van der Waals surface area (Å²) >= 11 is 0. The zero-order valence-corrected chi connectivity index (χ0v) is 16.2. The number of piperidine rings is 1. The molecule has 2 N–H and O–H groups in total. The third kappa shape index (κ3) is 3.61. The number of para-hydroxylation sites is 2. The van der Waals surface area contributed by atoms with Crippen molar-refractivity contribution in [2.45, 2.75) is 18.9 Å². The smallest absolute Gasteiger partial charge is 0.314 e. The predicted octanol–water partition coefficient (Wildman–Crippen LogP) is 2.52. The molecule has 150 valence electrons. The van der Waals surface area contributed by atoms with Crippen LogP contribution in [-0.4, -0.2) is 52.5 Å². The summed E-state index contributed by atoms with van der Waals surface area (Å²) in [6.45, 7) is 0.662. The van der Waals surface area contributed by atoms with Gasteiger partial charge in [0.2, 0.25) is 0 Å². The Balaban J connectivity index is 1.67. The summed E-state index contributed by atoms with van der Waals surface area (Å²) in [5, 5.41) is 20.9. The molecule has 2 atom stereocenters. The molecule has 7 heteroatoms. The summed E-state index contributed by atoms with van der Waals surface area (Å²) < 4.78 is 5.26. The highest BCUT2D eigenvalue weighted by Gasteiger charge is 2.49. The van der Waals surface area contributed by atoms with E-state index in [2.05, 4.69) is 9.97 Å². The largest absolute Gasteiger partial charge is 0.497 e. The minimum absolute atomic E-state index is 0.147. The fourth-order valence-electron chi connectivity index (χ4n) is 3.98. The first kappa shape index (κ1) is 19.1. The summed E-state index contributed by atoms with van der Waals surface area (Å²) in [5.41, 5.74) is 0.994. The number of carboxylic acid groups (broad SMARTS) is 1. The Morgan fingerprint density at radius 3 is 2.79 bits per heavy atom. The highest BCUT2D eigenvalue weighted by molar-refractivity contribution is 5.78. The van der Waals surface area contributed by atoms with Crippen LogP contribution in [0.5, 0.6) is 5.75 Å². The van der Waals surface area contributed by atoms with Gasteiger partial charge in [-0.05, 0) is 42.7 Å². The molecule has 2 heterocycles. The van der Waals surface area contributed by atoms with Gasteiger partial charge in [-0.25, -0.2) is 4.98 Å². The van der Waals surface area contributed by atoms with Gasteiger partial charge in [-0.15, -0.1) is 0 Å². The van der Waals surface area contributed by atoms with Gasteiger partial charge in [-0.3, -0.25) is 9.78 Å². The summed E-state index contributed by atoms with van der Waals surface area (Å²) in [7, 11) is 1.57.